The lowest BCUT2D eigenvalue weighted by molar-refractivity contribution is 0.0561. The Balaban J connectivity index is 1.86. The molecule has 0 saturated heterocycles. The van der Waals surface area contributed by atoms with Gasteiger partial charge in [0.25, 0.3) is 0 Å². The molecule has 0 bridgehead atoms. The Morgan fingerprint density at radius 1 is 1.33 bits per heavy atom. The van der Waals surface area contributed by atoms with Gasteiger partial charge in [-0.25, -0.2) is 4.68 Å². The summed E-state index contributed by atoms with van der Waals surface area (Å²) in [6.45, 7) is 0.412. The maximum absolute atomic E-state index is 12.3. The Morgan fingerprint density at radius 2 is 2.11 bits per heavy atom. The summed E-state index contributed by atoms with van der Waals surface area (Å²) < 4.78 is 27.0. The molecule has 0 unspecified atom stereocenters. The molecule has 7 heteroatoms. The average Bonchev–Trinajstić information content (AvgIpc) is 2.87. The van der Waals surface area contributed by atoms with Crippen molar-refractivity contribution in [2.45, 2.75) is 26.6 Å². The van der Waals surface area contributed by atoms with E-state index in [1.807, 2.05) is 20.0 Å². The Labute approximate surface area is 103 Å². The topological polar surface area (TPSA) is 47.7 Å². The van der Waals surface area contributed by atoms with Crippen LogP contribution in [0.2, 0.25) is 0 Å². The molecule has 0 saturated carbocycles. The molecule has 0 amide bonds. The third kappa shape index (κ3) is 2.92. The highest BCUT2D eigenvalue weighted by Crippen LogP contribution is 2.08. The second-order valence-electron chi connectivity index (χ2n) is 4.07. The summed E-state index contributed by atoms with van der Waals surface area (Å²) in [4.78, 5) is 0. The van der Waals surface area contributed by atoms with Crippen molar-refractivity contribution >= 4 is 0 Å². The van der Waals surface area contributed by atoms with Crippen LogP contribution >= 0.6 is 0 Å². The number of hydrogen-bond acceptors (Lipinski definition) is 3. The molecule has 98 valence electrons. The number of rotatable bonds is 5. The zero-order valence-electron chi connectivity index (χ0n) is 10.3. The van der Waals surface area contributed by atoms with Crippen LogP contribution in [0.4, 0.5) is 8.78 Å². The first-order chi connectivity index (χ1) is 8.56. The minimum atomic E-state index is -2.58. The number of halogens is 2. The second kappa shape index (κ2) is 5.26. The van der Waals surface area contributed by atoms with Gasteiger partial charge in [0.1, 0.15) is 0 Å². The number of nitrogens with one attached hydrogen (secondary N) is 1. The van der Waals surface area contributed by atoms with E-state index in [1.165, 1.54) is 6.20 Å². The summed E-state index contributed by atoms with van der Waals surface area (Å²) in [5.41, 5.74) is 2.59. The number of nitrogens with zero attached hydrogens (tertiary/aromatic N) is 4. The lowest BCUT2D eigenvalue weighted by Gasteiger charge is -2.03. The first-order valence-electron chi connectivity index (χ1n) is 5.58. The van der Waals surface area contributed by atoms with Crippen LogP contribution in [-0.2, 0) is 20.1 Å². The minimum Gasteiger partial charge on any atom is -0.305 e. The van der Waals surface area contributed by atoms with Crippen molar-refractivity contribution < 1.29 is 8.78 Å². The van der Waals surface area contributed by atoms with Crippen molar-refractivity contribution in [3.63, 3.8) is 0 Å². The fourth-order valence-electron chi connectivity index (χ4n) is 1.73. The zero-order chi connectivity index (χ0) is 13.1. The molecule has 0 atom stereocenters. The van der Waals surface area contributed by atoms with Crippen molar-refractivity contribution in [3.8, 4) is 0 Å². The molecule has 18 heavy (non-hydrogen) atoms. The molecule has 0 radical (unpaired) electrons. The Hall–Kier alpha value is -1.76. The molecule has 2 heterocycles. The van der Waals surface area contributed by atoms with E-state index >= 15 is 0 Å². The van der Waals surface area contributed by atoms with Gasteiger partial charge in [0.2, 0.25) is 0 Å². The molecule has 0 spiro atoms. The van der Waals surface area contributed by atoms with Gasteiger partial charge in [-0.2, -0.15) is 19.0 Å². The molecule has 2 aromatic rings. The molecule has 1 N–H and O–H groups in total. The van der Waals surface area contributed by atoms with Crippen LogP contribution in [0.25, 0.3) is 0 Å². The molecule has 0 fully saturated rings. The highest BCUT2D eigenvalue weighted by Gasteiger charge is 2.07. The Kier molecular flexibility index (Phi) is 3.71. The van der Waals surface area contributed by atoms with Gasteiger partial charge in [0.15, 0.2) is 0 Å². The smallest absolute Gasteiger partial charge is 0.305 e. The van der Waals surface area contributed by atoms with Crippen LogP contribution in [0, 0.1) is 6.92 Å². The van der Waals surface area contributed by atoms with Gasteiger partial charge in [-0.1, -0.05) is 0 Å². The predicted octanol–water partition coefficient (Wildman–Crippen LogP) is 1.61. The van der Waals surface area contributed by atoms with E-state index in [1.54, 1.807) is 10.7 Å². The van der Waals surface area contributed by atoms with Crippen LogP contribution in [0.3, 0.4) is 0 Å². The Morgan fingerprint density at radius 3 is 2.67 bits per heavy atom. The minimum absolute atomic E-state index is 0.448. The molecule has 0 aliphatic carbocycles. The van der Waals surface area contributed by atoms with E-state index in [-0.39, 0.29) is 0 Å². The van der Waals surface area contributed by atoms with Crippen molar-refractivity contribution in [2.24, 2.45) is 7.05 Å². The average molecular weight is 255 g/mol. The van der Waals surface area contributed by atoms with Crippen molar-refractivity contribution in [2.75, 3.05) is 0 Å². The van der Waals surface area contributed by atoms with Crippen LogP contribution in [0.5, 0.6) is 0 Å². The summed E-state index contributed by atoms with van der Waals surface area (Å²) in [6.07, 6.45) is 1.27. The Bertz CT molecular complexity index is 517. The van der Waals surface area contributed by atoms with Gasteiger partial charge in [-0.3, -0.25) is 4.68 Å². The predicted molar refractivity (Wildman–Crippen MR) is 62.0 cm³/mol. The monoisotopic (exact) mass is 255 g/mol. The molecule has 0 aliphatic heterocycles. The van der Waals surface area contributed by atoms with Crippen molar-refractivity contribution in [1.82, 2.24) is 24.9 Å². The third-order valence-electron chi connectivity index (χ3n) is 2.57. The standard InChI is InChI=1S/C11H15F2N5/c1-8-5-10(17(2)15-8)7-14-6-9-3-4-18(16-9)11(12)13/h3-5,11,14H,6-7H2,1-2H3. The first kappa shape index (κ1) is 12.7. The van der Waals surface area contributed by atoms with Gasteiger partial charge in [-0.05, 0) is 19.1 Å². The summed E-state index contributed by atoms with van der Waals surface area (Å²) in [7, 11) is 1.87. The number of aromatic nitrogens is 4. The largest absolute Gasteiger partial charge is 0.333 e. The molecule has 0 aliphatic rings. The van der Waals surface area contributed by atoms with Crippen LogP contribution in [-0.4, -0.2) is 19.6 Å². The van der Waals surface area contributed by atoms with Crippen LogP contribution in [0.1, 0.15) is 23.6 Å². The van der Waals surface area contributed by atoms with Crippen LogP contribution in [0.15, 0.2) is 18.3 Å². The van der Waals surface area contributed by atoms with E-state index in [9.17, 15) is 8.78 Å². The lowest BCUT2D eigenvalue weighted by Crippen LogP contribution is -2.15. The third-order valence-corrected chi connectivity index (χ3v) is 2.57. The molecule has 5 nitrogen and oxygen atoms in total. The highest BCUT2D eigenvalue weighted by atomic mass is 19.3. The first-order valence-corrected chi connectivity index (χ1v) is 5.58. The van der Waals surface area contributed by atoms with Crippen LogP contribution < -0.4 is 5.32 Å². The summed E-state index contributed by atoms with van der Waals surface area (Å²) in [5.74, 6) is 0. The highest BCUT2D eigenvalue weighted by molar-refractivity contribution is 5.08. The quantitative estimate of drug-likeness (QED) is 0.883. The zero-order valence-corrected chi connectivity index (χ0v) is 10.3. The van der Waals surface area contributed by atoms with Gasteiger partial charge >= 0.3 is 6.55 Å². The van der Waals surface area contributed by atoms with E-state index in [2.05, 4.69) is 15.5 Å². The lowest BCUT2D eigenvalue weighted by atomic mass is 10.3. The van der Waals surface area contributed by atoms with E-state index in [4.69, 9.17) is 0 Å². The normalized spacial score (nSPS) is 11.4. The fourth-order valence-corrected chi connectivity index (χ4v) is 1.73. The van der Waals surface area contributed by atoms with Gasteiger partial charge < -0.3 is 5.32 Å². The van der Waals surface area contributed by atoms with E-state index < -0.39 is 6.55 Å². The SMILES string of the molecule is Cc1cc(CNCc2ccn(C(F)F)n2)n(C)n1. The van der Waals surface area contributed by atoms with Crippen molar-refractivity contribution in [3.05, 3.63) is 35.4 Å². The maximum atomic E-state index is 12.3. The fraction of sp³-hybridized carbons (Fsp3) is 0.455. The second-order valence-corrected chi connectivity index (χ2v) is 4.07. The molecule has 0 aromatic carbocycles. The molecule has 2 aromatic heterocycles. The summed E-state index contributed by atoms with van der Waals surface area (Å²) in [6, 6.07) is 3.55. The maximum Gasteiger partial charge on any atom is 0.333 e. The summed E-state index contributed by atoms with van der Waals surface area (Å²) >= 11 is 0. The van der Waals surface area contributed by atoms with Gasteiger partial charge in [0.05, 0.1) is 17.1 Å². The van der Waals surface area contributed by atoms with Gasteiger partial charge in [-0.15, -0.1) is 0 Å². The van der Waals surface area contributed by atoms with E-state index in [0.29, 0.717) is 23.5 Å². The molecular weight excluding hydrogens is 240 g/mol. The summed E-state index contributed by atoms with van der Waals surface area (Å²) in [5, 5.41) is 11.1. The van der Waals surface area contributed by atoms with Crippen molar-refractivity contribution in [1.29, 1.82) is 0 Å². The number of alkyl halides is 2. The number of aryl methyl sites for hydroxylation is 2. The van der Waals surface area contributed by atoms with Gasteiger partial charge in [0, 0.05) is 26.3 Å². The molecular formula is C11H15F2N5. The number of hydrogen-bond donors (Lipinski definition) is 1. The van der Waals surface area contributed by atoms with E-state index in [0.717, 1.165) is 11.4 Å². The molecule has 2 rings (SSSR count).